The quantitative estimate of drug-likeness (QED) is 0.635. The fraction of sp³-hybridized carbons (Fsp3) is 0.364. The molecule has 0 unspecified atom stereocenters. The standard InChI is InChI=1S/C11H13BrO2S2/c1-2-15-5-6-16-8-3-4-10(12)9(7-8)11(13)14/h3-4,7H,2,5-6H2,1H3,(H,13,14). The first-order valence-electron chi connectivity index (χ1n) is 4.88. The second-order valence-corrected chi connectivity index (χ2v) is 6.41. The maximum Gasteiger partial charge on any atom is 0.336 e. The zero-order chi connectivity index (χ0) is 12.0. The molecule has 1 N–H and O–H groups in total. The molecule has 16 heavy (non-hydrogen) atoms. The number of carboxylic acid groups (broad SMARTS) is 1. The van der Waals surface area contributed by atoms with E-state index in [2.05, 4.69) is 22.9 Å². The Kier molecular flexibility index (Phi) is 6.31. The fourth-order valence-corrected chi connectivity index (χ4v) is 3.23. The Balaban J connectivity index is 2.61. The van der Waals surface area contributed by atoms with E-state index < -0.39 is 5.97 Å². The third-order valence-electron chi connectivity index (χ3n) is 1.87. The summed E-state index contributed by atoms with van der Waals surface area (Å²) in [6.07, 6.45) is 0. The summed E-state index contributed by atoms with van der Waals surface area (Å²) in [5.41, 5.74) is 0.327. The van der Waals surface area contributed by atoms with E-state index in [4.69, 9.17) is 5.11 Å². The molecule has 1 aromatic rings. The molecule has 0 bridgehead atoms. The number of aromatic carboxylic acids is 1. The van der Waals surface area contributed by atoms with Crippen LogP contribution >= 0.6 is 39.5 Å². The first kappa shape index (κ1) is 13.9. The summed E-state index contributed by atoms with van der Waals surface area (Å²) in [6, 6.07) is 5.45. The van der Waals surface area contributed by atoms with Crippen molar-refractivity contribution < 1.29 is 9.90 Å². The molecular formula is C11H13BrO2S2. The molecule has 0 atom stereocenters. The van der Waals surface area contributed by atoms with E-state index in [1.165, 1.54) is 0 Å². The molecule has 2 nitrogen and oxygen atoms in total. The summed E-state index contributed by atoms with van der Waals surface area (Å²) < 4.78 is 0.632. The van der Waals surface area contributed by atoms with E-state index in [-0.39, 0.29) is 0 Å². The van der Waals surface area contributed by atoms with E-state index >= 15 is 0 Å². The van der Waals surface area contributed by atoms with Gasteiger partial charge in [0.15, 0.2) is 0 Å². The Labute approximate surface area is 112 Å². The topological polar surface area (TPSA) is 37.3 Å². The van der Waals surface area contributed by atoms with Crippen LogP contribution in [-0.4, -0.2) is 28.3 Å². The van der Waals surface area contributed by atoms with Crippen molar-refractivity contribution in [3.63, 3.8) is 0 Å². The van der Waals surface area contributed by atoms with E-state index in [0.717, 1.165) is 22.2 Å². The summed E-state index contributed by atoms with van der Waals surface area (Å²) in [4.78, 5) is 11.9. The predicted octanol–water partition coefficient (Wildman–Crippen LogP) is 3.99. The maximum atomic E-state index is 10.9. The van der Waals surface area contributed by atoms with Crippen molar-refractivity contribution in [2.45, 2.75) is 11.8 Å². The average Bonchev–Trinajstić information content (AvgIpc) is 2.26. The molecule has 0 aromatic heterocycles. The minimum atomic E-state index is -0.891. The Hall–Kier alpha value is -0.130. The van der Waals surface area contributed by atoms with Crippen molar-refractivity contribution in [1.82, 2.24) is 0 Å². The molecule has 0 amide bonds. The minimum absolute atomic E-state index is 0.327. The van der Waals surface area contributed by atoms with Crippen LogP contribution in [0.2, 0.25) is 0 Å². The van der Waals surface area contributed by atoms with E-state index in [9.17, 15) is 4.79 Å². The van der Waals surface area contributed by atoms with Gasteiger partial charge >= 0.3 is 5.97 Å². The Morgan fingerprint density at radius 1 is 1.44 bits per heavy atom. The molecule has 1 aromatic carbocycles. The van der Waals surface area contributed by atoms with Crippen molar-refractivity contribution in [3.05, 3.63) is 28.2 Å². The van der Waals surface area contributed by atoms with Crippen LogP contribution in [0.5, 0.6) is 0 Å². The second kappa shape index (κ2) is 7.25. The van der Waals surface area contributed by atoms with Crippen molar-refractivity contribution >= 4 is 45.4 Å². The Morgan fingerprint density at radius 2 is 2.19 bits per heavy atom. The molecule has 0 saturated heterocycles. The number of thioether (sulfide) groups is 2. The highest BCUT2D eigenvalue weighted by Crippen LogP contribution is 2.25. The van der Waals surface area contributed by atoms with Crippen LogP contribution in [0.1, 0.15) is 17.3 Å². The van der Waals surface area contributed by atoms with Crippen LogP contribution in [0.25, 0.3) is 0 Å². The van der Waals surface area contributed by atoms with Gasteiger partial charge < -0.3 is 5.11 Å². The largest absolute Gasteiger partial charge is 0.478 e. The number of halogens is 1. The van der Waals surface area contributed by atoms with Crippen LogP contribution in [0.4, 0.5) is 0 Å². The smallest absolute Gasteiger partial charge is 0.336 e. The van der Waals surface area contributed by atoms with Gasteiger partial charge in [0.1, 0.15) is 0 Å². The molecule has 5 heteroatoms. The van der Waals surface area contributed by atoms with Crippen molar-refractivity contribution in [2.75, 3.05) is 17.3 Å². The lowest BCUT2D eigenvalue weighted by Gasteiger charge is -2.04. The summed E-state index contributed by atoms with van der Waals surface area (Å²) in [6.45, 7) is 2.14. The zero-order valence-electron chi connectivity index (χ0n) is 8.90. The Bertz CT molecular complexity index is 369. The lowest BCUT2D eigenvalue weighted by Crippen LogP contribution is -1.97. The van der Waals surface area contributed by atoms with Gasteiger partial charge in [0.25, 0.3) is 0 Å². The molecule has 88 valence electrons. The van der Waals surface area contributed by atoms with Gasteiger partial charge in [-0.15, -0.1) is 11.8 Å². The molecule has 0 aliphatic rings. The number of carbonyl (C=O) groups is 1. The van der Waals surface area contributed by atoms with Gasteiger partial charge in [0.05, 0.1) is 5.56 Å². The first-order valence-corrected chi connectivity index (χ1v) is 7.82. The minimum Gasteiger partial charge on any atom is -0.478 e. The van der Waals surface area contributed by atoms with Crippen LogP contribution in [0.3, 0.4) is 0 Å². The van der Waals surface area contributed by atoms with Crippen molar-refractivity contribution in [3.8, 4) is 0 Å². The summed E-state index contributed by atoms with van der Waals surface area (Å²) in [5, 5.41) is 8.96. The maximum absolute atomic E-state index is 10.9. The first-order chi connectivity index (χ1) is 7.65. The lowest BCUT2D eigenvalue weighted by atomic mass is 10.2. The SMILES string of the molecule is CCSCCSc1ccc(Br)c(C(=O)O)c1. The number of benzene rings is 1. The highest BCUT2D eigenvalue weighted by Gasteiger charge is 2.08. The molecule has 0 saturated carbocycles. The highest BCUT2D eigenvalue weighted by molar-refractivity contribution is 9.10. The van der Waals surface area contributed by atoms with Crippen LogP contribution < -0.4 is 0 Å². The summed E-state index contributed by atoms with van der Waals surface area (Å²) in [7, 11) is 0. The molecule has 0 fully saturated rings. The van der Waals surface area contributed by atoms with Gasteiger partial charge in [-0.3, -0.25) is 0 Å². The molecule has 0 aliphatic heterocycles. The number of carboxylic acids is 1. The van der Waals surface area contributed by atoms with Crippen molar-refractivity contribution in [1.29, 1.82) is 0 Å². The molecular weight excluding hydrogens is 308 g/mol. The summed E-state index contributed by atoms with van der Waals surface area (Å²) >= 11 is 6.82. The average molecular weight is 321 g/mol. The highest BCUT2D eigenvalue weighted by atomic mass is 79.9. The fourth-order valence-electron chi connectivity index (χ4n) is 1.12. The lowest BCUT2D eigenvalue weighted by molar-refractivity contribution is 0.0695. The van der Waals surface area contributed by atoms with Gasteiger partial charge in [-0.25, -0.2) is 4.79 Å². The van der Waals surface area contributed by atoms with Gasteiger partial charge in [0, 0.05) is 20.9 Å². The van der Waals surface area contributed by atoms with E-state index in [1.54, 1.807) is 23.9 Å². The number of rotatable bonds is 6. The van der Waals surface area contributed by atoms with Crippen LogP contribution in [-0.2, 0) is 0 Å². The van der Waals surface area contributed by atoms with E-state index in [0.29, 0.717) is 10.0 Å². The monoisotopic (exact) mass is 320 g/mol. The molecule has 0 heterocycles. The summed E-state index contributed by atoms with van der Waals surface area (Å²) in [5.74, 6) is 2.34. The zero-order valence-corrected chi connectivity index (χ0v) is 12.1. The van der Waals surface area contributed by atoms with Gasteiger partial charge in [-0.1, -0.05) is 6.92 Å². The van der Waals surface area contributed by atoms with Crippen LogP contribution in [0.15, 0.2) is 27.6 Å². The van der Waals surface area contributed by atoms with E-state index in [1.807, 2.05) is 17.8 Å². The molecule has 1 rings (SSSR count). The van der Waals surface area contributed by atoms with Crippen LogP contribution in [0, 0.1) is 0 Å². The molecule has 0 radical (unpaired) electrons. The van der Waals surface area contributed by atoms with Gasteiger partial charge in [-0.05, 0) is 39.9 Å². The Morgan fingerprint density at radius 3 is 2.81 bits per heavy atom. The third kappa shape index (κ3) is 4.39. The molecule has 0 aliphatic carbocycles. The van der Waals surface area contributed by atoms with Gasteiger partial charge in [-0.2, -0.15) is 11.8 Å². The van der Waals surface area contributed by atoms with Gasteiger partial charge in [0.2, 0.25) is 0 Å². The molecule has 0 spiro atoms. The second-order valence-electron chi connectivity index (χ2n) is 2.99. The number of hydrogen-bond acceptors (Lipinski definition) is 3. The predicted molar refractivity (Wildman–Crippen MR) is 74.8 cm³/mol. The number of hydrogen-bond donors (Lipinski definition) is 1. The third-order valence-corrected chi connectivity index (χ3v) is 4.72. The normalized spacial score (nSPS) is 10.4. The van der Waals surface area contributed by atoms with Crippen molar-refractivity contribution in [2.24, 2.45) is 0 Å².